The average molecular weight is 362 g/mol. The Morgan fingerprint density at radius 3 is 2.65 bits per heavy atom. The number of ether oxygens (including phenoxy) is 1. The predicted octanol–water partition coefficient (Wildman–Crippen LogP) is 1.40. The molecule has 0 atom stereocenters. The van der Waals surface area contributed by atoms with Crippen LogP contribution in [0, 0.1) is 12.8 Å². The third-order valence-electron chi connectivity index (χ3n) is 4.90. The third kappa shape index (κ3) is 5.34. The minimum Gasteiger partial charge on any atom is -0.469 e. The van der Waals surface area contributed by atoms with Crippen LogP contribution < -0.4 is 10.9 Å². The molecule has 7 nitrogen and oxygen atoms in total. The Labute approximate surface area is 155 Å². The lowest BCUT2D eigenvalue weighted by atomic mass is 9.97. The molecule has 0 radical (unpaired) electrons. The molecular weight excluding hydrogens is 332 g/mol. The summed E-state index contributed by atoms with van der Waals surface area (Å²) in [5, 5.41) is 3.39. The second-order valence-electron chi connectivity index (χ2n) is 6.62. The number of pyridine rings is 1. The van der Waals surface area contributed by atoms with Crippen molar-refractivity contribution in [1.82, 2.24) is 14.8 Å². The Bertz CT molecular complexity index is 676. The second-order valence-corrected chi connectivity index (χ2v) is 6.62. The Hall–Kier alpha value is -2.31. The summed E-state index contributed by atoms with van der Waals surface area (Å²) in [5.41, 5.74) is 1.05. The van der Waals surface area contributed by atoms with Crippen LogP contribution in [0.1, 0.15) is 31.4 Å². The number of nitrogens with one attached hydrogen (secondary N) is 1. The number of rotatable bonds is 6. The molecule has 26 heavy (non-hydrogen) atoms. The summed E-state index contributed by atoms with van der Waals surface area (Å²) in [6.45, 7) is 5.11. The van der Waals surface area contributed by atoms with Crippen molar-refractivity contribution in [2.24, 2.45) is 10.9 Å². The standard InChI is InChI=1S/C19H30N4O3/c1-15-7-6-8-17(24)23(15)12-5-4-11-21-19(20-2)22-13-9-16(10-14-22)18(25)26-3/h6-8,16H,4-5,9-14H2,1-3H3,(H,20,21). The zero-order valence-corrected chi connectivity index (χ0v) is 16.0. The fourth-order valence-corrected chi connectivity index (χ4v) is 3.33. The third-order valence-corrected chi connectivity index (χ3v) is 4.90. The van der Waals surface area contributed by atoms with Gasteiger partial charge in [-0.2, -0.15) is 0 Å². The maximum absolute atomic E-state index is 11.8. The normalized spacial score (nSPS) is 15.8. The number of esters is 1. The number of likely N-dealkylation sites (tertiary alicyclic amines) is 1. The summed E-state index contributed by atoms with van der Waals surface area (Å²) in [5.74, 6) is 0.766. The summed E-state index contributed by atoms with van der Waals surface area (Å²) < 4.78 is 6.64. The highest BCUT2D eigenvalue weighted by Crippen LogP contribution is 2.18. The first-order valence-corrected chi connectivity index (χ1v) is 9.26. The van der Waals surface area contributed by atoms with Crippen molar-refractivity contribution >= 4 is 11.9 Å². The van der Waals surface area contributed by atoms with Crippen LogP contribution >= 0.6 is 0 Å². The zero-order chi connectivity index (χ0) is 18.9. The van der Waals surface area contributed by atoms with Crippen molar-refractivity contribution < 1.29 is 9.53 Å². The van der Waals surface area contributed by atoms with Gasteiger partial charge in [0.1, 0.15) is 0 Å². The molecule has 7 heteroatoms. The van der Waals surface area contributed by atoms with Gasteiger partial charge in [-0.05, 0) is 38.7 Å². The van der Waals surface area contributed by atoms with Crippen LogP contribution in [-0.4, -0.2) is 55.2 Å². The van der Waals surface area contributed by atoms with Gasteiger partial charge in [0.15, 0.2) is 5.96 Å². The number of carbonyl (C=O) groups excluding carboxylic acids is 1. The summed E-state index contributed by atoms with van der Waals surface area (Å²) in [6, 6.07) is 5.35. The highest BCUT2D eigenvalue weighted by atomic mass is 16.5. The van der Waals surface area contributed by atoms with Gasteiger partial charge in [0, 0.05) is 45.0 Å². The van der Waals surface area contributed by atoms with E-state index < -0.39 is 0 Å². The van der Waals surface area contributed by atoms with Gasteiger partial charge >= 0.3 is 5.97 Å². The first-order valence-electron chi connectivity index (χ1n) is 9.26. The molecule has 144 valence electrons. The van der Waals surface area contributed by atoms with Gasteiger partial charge in [0.2, 0.25) is 0 Å². The van der Waals surface area contributed by atoms with E-state index in [1.54, 1.807) is 19.2 Å². The molecule has 1 N–H and O–H groups in total. The Morgan fingerprint density at radius 1 is 1.31 bits per heavy atom. The number of aromatic nitrogens is 1. The van der Waals surface area contributed by atoms with E-state index in [4.69, 9.17) is 4.74 Å². The molecule has 0 aromatic carbocycles. The summed E-state index contributed by atoms with van der Waals surface area (Å²) >= 11 is 0. The van der Waals surface area contributed by atoms with Gasteiger partial charge in [-0.15, -0.1) is 0 Å². The maximum Gasteiger partial charge on any atom is 0.308 e. The molecule has 0 aliphatic carbocycles. The Balaban J connectivity index is 1.71. The smallest absolute Gasteiger partial charge is 0.308 e. The van der Waals surface area contributed by atoms with E-state index in [1.165, 1.54) is 7.11 Å². The minimum absolute atomic E-state index is 0.00165. The largest absolute Gasteiger partial charge is 0.469 e. The zero-order valence-electron chi connectivity index (χ0n) is 16.0. The molecule has 0 spiro atoms. The van der Waals surface area contributed by atoms with E-state index >= 15 is 0 Å². The van der Waals surface area contributed by atoms with Crippen molar-refractivity contribution in [3.63, 3.8) is 0 Å². The lowest BCUT2D eigenvalue weighted by molar-refractivity contribution is -0.146. The monoisotopic (exact) mass is 362 g/mol. The van der Waals surface area contributed by atoms with Gasteiger partial charge in [-0.25, -0.2) is 0 Å². The summed E-state index contributed by atoms with van der Waals surface area (Å²) in [6.07, 6.45) is 3.48. The van der Waals surface area contributed by atoms with Crippen LogP contribution in [0.15, 0.2) is 28.0 Å². The molecule has 1 aliphatic heterocycles. The van der Waals surface area contributed by atoms with Crippen molar-refractivity contribution in [3.8, 4) is 0 Å². The van der Waals surface area contributed by atoms with Crippen LogP contribution in [0.2, 0.25) is 0 Å². The topological polar surface area (TPSA) is 75.9 Å². The van der Waals surface area contributed by atoms with Crippen LogP contribution in [-0.2, 0) is 16.1 Å². The fraction of sp³-hybridized carbons (Fsp3) is 0.632. The number of nitrogens with zero attached hydrogens (tertiary/aromatic N) is 3. The number of unbranched alkanes of at least 4 members (excludes halogenated alkanes) is 1. The van der Waals surface area contributed by atoms with Crippen molar-refractivity contribution in [1.29, 1.82) is 0 Å². The first kappa shape index (κ1) is 20.0. The van der Waals surface area contributed by atoms with E-state index in [0.717, 1.165) is 63.5 Å². The van der Waals surface area contributed by atoms with Crippen LogP contribution in [0.4, 0.5) is 0 Å². The average Bonchev–Trinajstić information content (AvgIpc) is 2.66. The molecule has 0 unspecified atom stereocenters. The molecule has 2 heterocycles. The van der Waals surface area contributed by atoms with Crippen molar-refractivity contribution in [2.75, 3.05) is 33.8 Å². The molecule has 1 fully saturated rings. The molecular formula is C19H30N4O3. The number of methoxy groups -OCH3 is 1. The van der Waals surface area contributed by atoms with E-state index in [2.05, 4.69) is 15.2 Å². The van der Waals surface area contributed by atoms with E-state index in [0.29, 0.717) is 0 Å². The quantitative estimate of drug-likeness (QED) is 0.358. The van der Waals surface area contributed by atoms with Gasteiger partial charge in [-0.1, -0.05) is 6.07 Å². The van der Waals surface area contributed by atoms with E-state index in [-0.39, 0.29) is 17.4 Å². The number of aryl methyl sites for hydroxylation is 1. The molecule has 1 saturated heterocycles. The molecule has 1 aromatic rings. The molecule has 0 amide bonds. The molecule has 1 aliphatic rings. The molecule has 2 rings (SSSR count). The van der Waals surface area contributed by atoms with Crippen molar-refractivity contribution in [2.45, 2.75) is 39.2 Å². The highest BCUT2D eigenvalue weighted by Gasteiger charge is 2.26. The van der Waals surface area contributed by atoms with E-state index in [1.807, 2.05) is 17.6 Å². The van der Waals surface area contributed by atoms with Crippen LogP contribution in [0.3, 0.4) is 0 Å². The maximum atomic E-state index is 11.8. The number of hydrogen-bond acceptors (Lipinski definition) is 4. The SMILES string of the molecule is CN=C(NCCCCn1c(C)cccc1=O)N1CCC(C(=O)OC)CC1. The number of aliphatic imine (C=N–C) groups is 1. The van der Waals surface area contributed by atoms with Crippen LogP contribution in [0.5, 0.6) is 0 Å². The van der Waals surface area contributed by atoms with E-state index in [9.17, 15) is 9.59 Å². The molecule has 0 bridgehead atoms. The molecule has 0 saturated carbocycles. The number of carbonyl (C=O) groups is 1. The predicted molar refractivity (Wildman–Crippen MR) is 102 cm³/mol. The lowest BCUT2D eigenvalue weighted by Gasteiger charge is -2.33. The summed E-state index contributed by atoms with van der Waals surface area (Å²) in [4.78, 5) is 30.0. The lowest BCUT2D eigenvalue weighted by Crippen LogP contribution is -2.46. The van der Waals surface area contributed by atoms with Gasteiger partial charge in [0.05, 0.1) is 13.0 Å². The van der Waals surface area contributed by atoms with Gasteiger partial charge in [-0.3, -0.25) is 14.6 Å². The Kier molecular flexibility index (Phi) is 7.69. The molecule has 1 aromatic heterocycles. The fourth-order valence-electron chi connectivity index (χ4n) is 3.33. The Morgan fingerprint density at radius 2 is 2.04 bits per heavy atom. The first-order chi connectivity index (χ1) is 12.6. The summed E-state index contributed by atoms with van der Waals surface area (Å²) in [7, 11) is 3.22. The minimum atomic E-state index is -0.112. The van der Waals surface area contributed by atoms with Crippen molar-refractivity contribution in [3.05, 3.63) is 34.2 Å². The second kappa shape index (κ2) is 9.99. The van der Waals surface area contributed by atoms with Gasteiger partial charge in [0.25, 0.3) is 5.56 Å². The van der Waals surface area contributed by atoms with Gasteiger partial charge < -0.3 is 19.5 Å². The highest BCUT2D eigenvalue weighted by molar-refractivity contribution is 5.80. The number of hydrogen-bond donors (Lipinski definition) is 1. The number of piperidine rings is 1. The van der Waals surface area contributed by atoms with Crippen LogP contribution in [0.25, 0.3) is 0 Å². The number of guanidine groups is 1.